The van der Waals surface area contributed by atoms with Crippen LogP contribution in [-0.2, 0) is 0 Å². The van der Waals surface area contributed by atoms with Crippen LogP contribution < -0.4 is 0 Å². The highest BCUT2D eigenvalue weighted by molar-refractivity contribution is 9.10. The van der Waals surface area contributed by atoms with Crippen molar-refractivity contribution >= 4 is 33.0 Å². The second-order valence-corrected chi connectivity index (χ2v) is 4.98. The van der Waals surface area contributed by atoms with E-state index in [4.69, 9.17) is 0 Å². The lowest BCUT2D eigenvalue weighted by Crippen LogP contribution is -2.03. The summed E-state index contributed by atoms with van der Waals surface area (Å²) in [6, 6.07) is 6.62. The predicted octanol–water partition coefficient (Wildman–Crippen LogP) is 4.07. The van der Waals surface area contributed by atoms with Gasteiger partial charge in [0.15, 0.2) is 0 Å². The second-order valence-electron chi connectivity index (χ2n) is 3.21. The zero-order valence-corrected chi connectivity index (χ0v) is 10.8. The monoisotopic (exact) mass is 317 g/mol. The van der Waals surface area contributed by atoms with E-state index in [0.717, 1.165) is 15.8 Å². The summed E-state index contributed by atoms with van der Waals surface area (Å²) in [6.45, 7) is 0. The Morgan fingerprint density at radius 1 is 1.41 bits per heavy atom. The smallest absolute Gasteiger partial charge is 0.281 e. The van der Waals surface area contributed by atoms with Gasteiger partial charge in [0.05, 0.1) is 5.51 Å². The summed E-state index contributed by atoms with van der Waals surface area (Å²) in [5, 5.41) is 0. The minimum absolute atomic E-state index is 0.00176. The van der Waals surface area contributed by atoms with E-state index < -0.39 is 17.9 Å². The Kier molecular flexibility index (Phi) is 3.63. The first-order valence-corrected chi connectivity index (χ1v) is 6.28. The normalized spacial score (nSPS) is 10.8. The molecule has 0 aliphatic carbocycles. The molecule has 0 atom stereocenters. The van der Waals surface area contributed by atoms with Crippen LogP contribution in [0.3, 0.4) is 0 Å². The molecule has 6 heteroatoms. The van der Waals surface area contributed by atoms with Crippen molar-refractivity contribution in [3.8, 4) is 0 Å². The Bertz CT molecular complexity index is 556. The van der Waals surface area contributed by atoms with Crippen molar-refractivity contribution < 1.29 is 13.6 Å². The molecule has 0 saturated heterocycles. The highest BCUT2D eigenvalue weighted by atomic mass is 79.9. The summed E-state index contributed by atoms with van der Waals surface area (Å²) in [4.78, 5) is 15.5. The second kappa shape index (κ2) is 5.01. The molecule has 0 N–H and O–H groups in total. The van der Waals surface area contributed by atoms with E-state index in [1.165, 1.54) is 5.51 Å². The van der Waals surface area contributed by atoms with Crippen LogP contribution in [0.15, 0.2) is 34.2 Å². The Morgan fingerprint density at radius 3 is 2.82 bits per heavy atom. The fraction of sp³-hybridized carbons (Fsp3) is 0.0909. The van der Waals surface area contributed by atoms with Crippen LogP contribution in [0, 0.1) is 0 Å². The highest BCUT2D eigenvalue weighted by Gasteiger charge is 2.22. The van der Waals surface area contributed by atoms with Gasteiger partial charge in [0.25, 0.3) is 6.43 Å². The molecule has 0 unspecified atom stereocenters. The zero-order valence-electron chi connectivity index (χ0n) is 8.36. The van der Waals surface area contributed by atoms with Gasteiger partial charge in [0.1, 0.15) is 10.6 Å². The van der Waals surface area contributed by atoms with E-state index in [2.05, 4.69) is 20.9 Å². The van der Waals surface area contributed by atoms with E-state index in [-0.39, 0.29) is 4.88 Å². The van der Waals surface area contributed by atoms with Crippen LogP contribution in [0.2, 0.25) is 0 Å². The largest absolute Gasteiger partial charge is 0.288 e. The van der Waals surface area contributed by atoms with Gasteiger partial charge in [-0.25, -0.2) is 13.8 Å². The first-order chi connectivity index (χ1) is 8.09. The molecule has 0 fully saturated rings. The van der Waals surface area contributed by atoms with E-state index in [1.54, 1.807) is 24.3 Å². The summed E-state index contributed by atoms with van der Waals surface area (Å²) >= 11 is 4.16. The van der Waals surface area contributed by atoms with Gasteiger partial charge in [-0.1, -0.05) is 28.1 Å². The average Bonchev–Trinajstić information content (AvgIpc) is 2.77. The van der Waals surface area contributed by atoms with Gasteiger partial charge in [-0.2, -0.15) is 0 Å². The average molecular weight is 318 g/mol. The van der Waals surface area contributed by atoms with Crippen molar-refractivity contribution in [2.24, 2.45) is 0 Å². The highest BCUT2D eigenvalue weighted by Crippen LogP contribution is 2.27. The molecule has 1 aromatic heterocycles. The van der Waals surface area contributed by atoms with E-state index in [9.17, 15) is 13.6 Å². The summed E-state index contributed by atoms with van der Waals surface area (Å²) in [6.07, 6.45) is -2.73. The van der Waals surface area contributed by atoms with Crippen LogP contribution in [0.1, 0.15) is 27.4 Å². The third kappa shape index (κ3) is 2.58. The summed E-state index contributed by atoms with van der Waals surface area (Å²) in [5.74, 6) is -0.427. The van der Waals surface area contributed by atoms with E-state index >= 15 is 0 Å². The molecule has 2 rings (SSSR count). The quantitative estimate of drug-likeness (QED) is 0.799. The number of benzene rings is 1. The molecule has 2 nitrogen and oxygen atoms in total. The van der Waals surface area contributed by atoms with Crippen molar-refractivity contribution in [3.63, 3.8) is 0 Å². The third-order valence-corrected chi connectivity index (χ3v) is 3.43. The van der Waals surface area contributed by atoms with Crippen LogP contribution >= 0.6 is 27.3 Å². The Balaban J connectivity index is 2.41. The maximum Gasteiger partial charge on any atom is 0.281 e. The molecule has 0 aliphatic rings. The van der Waals surface area contributed by atoms with Gasteiger partial charge in [-0.05, 0) is 12.1 Å². The fourth-order valence-electron chi connectivity index (χ4n) is 1.34. The van der Waals surface area contributed by atoms with Gasteiger partial charge in [-0.15, -0.1) is 11.3 Å². The molecular weight excluding hydrogens is 312 g/mol. The lowest BCUT2D eigenvalue weighted by molar-refractivity contribution is 0.102. The first kappa shape index (κ1) is 12.3. The molecule has 0 bridgehead atoms. The number of carbonyl (C=O) groups is 1. The summed E-state index contributed by atoms with van der Waals surface area (Å²) in [5.41, 5.74) is 1.18. The number of nitrogens with zero attached hydrogens (tertiary/aromatic N) is 1. The van der Waals surface area contributed by atoms with Crippen molar-refractivity contribution in [1.29, 1.82) is 0 Å². The lowest BCUT2D eigenvalue weighted by atomic mass is 10.1. The zero-order chi connectivity index (χ0) is 12.4. The topological polar surface area (TPSA) is 30.0 Å². The van der Waals surface area contributed by atoms with Crippen LogP contribution in [0.4, 0.5) is 8.78 Å². The van der Waals surface area contributed by atoms with Crippen LogP contribution in [0.25, 0.3) is 0 Å². The molecule has 0 saturated carbocycles. The number of aromatic nitrogens is 1. The first-order valence-electron chi connectivity index (χ1n) is 4.61. The van der Waals surface area contributed by atoms with Crippen molar-refractivity contribution in [2.45, 2.75) is 6.43 Å². The van der Waals surface area contributed by atoms with Crippen LogP contribution in [0.5, 0.6) is 0 Å². The lowest BCUT2D eigenvalue weighted by Gasteiger charge is -2.01. The maximum atomic E-state index is 12.6. The SMILES string of the molecule is O=C(c1cccc(Br)c1)c1scnc1C(F)F. The van der Waals surface area contributed by atoms with E-state index in [0.29, 0.717) is 5.56 Å². The summed E-state index contributed by atoms with van der Waals surface area (Å²) < 4.78 is 25.9. The van der Waals surface area contributed by atoms with Crippen molar-refractivity contribution in [3.05, 3.63) is 50.4 Å². The minimum atomic E-state index is -2.73. The Hall–Kier alpha value is -1.14. The molecular formula is C11H6BrF2NOS. The number of ketones is 1. The molecule has 17 heavy (non-hydrogen) atoms. The molecule has 2 aromatic rings. The van der Waals surface area contributed by atoms with Crippen molar-refractivity contribution in [1.82, 2.24) is 4.98 Å². The molecule has 1 aromatic carbocycles. The Morgan fingerprint density at radius 2 is 2.18 bits per heavy atom. The summed E-state index contributed by atoms with van der Waals surface area (Å²) in [7, 11) is 0. The van der Waals surface area contributed by atoms with Gasteiger partial charge in [0.2, 0.25) is 5.78 Å². The van der Waals surface area contributed by atoms with Crippen LogP contribution in [-0.4, -0.2) is 10.8 Å². The number of rotatable bonds is 3. The number of alkyl halides is 2. The Labute approximate surface area is 108 Å². The molecule has 88 valence electrons. The standard InChI is InChI=1S/C11H6BrF2NOS/c12-7-3-1-2-6(4-7)9(16)10-8(11(13)14)15-5-17-10/h1-5,11H. The molecule has 0 spiro atoms. The fourth-order valence-corrected chi connectivity index (χ4v) is 2.50. The van der Waals surface area contributed by atoms with Crippen molar-refractivity contribution in [2.75, 3.05) is 0 Å². The minimum Gasteiger partial charge on any atom is -0.288 e. The third-order valence-electron chi connectivity index (χ3n) is 2.09. The molecule has 1 heterocycles. The van der Waals surface area contributed by atoms with Gasteiger partial charge >= 0.3 is 0 Å². The molecule has 0 aliphatic heterocycles. The van der Waals surface area contributed by atoms with E-state index in [1.807, 2.05) is 0 Å². The maximum absolute atomic E-state index is 12.6. The number of hydrogen-bond acceptors (Lipinski definition) is 3. The predicted molar refractivity (Wildman–Crippen MR) is 64.6 cm³/mol. The number of carbonyl (C=O) groups excluding carboxylic acids is 1. The molecule has 0 radical (unpaired) electrons. The van der Waals surface area contributed by atoms with Gasteiger partial charge in [-0.3, -0.25) is 4.79 Å². The number of hydrogen-bond donors (Lipinski definition) is 0. The van der Waals surface area contributed by atoms with Gasteiger partial charge < -0.3 is 0 Å². The van der Waals surface area contributed by atoms with Gasteiger partial charge in [0, 0.05) is 10.0 Å². The number of thiazole rings is 1. The molecule has 0 amide bonds. The number of halogens is 3.